The Labute approximate surface area is 193 Å². The first kappa shape index (κ1) is 18.4. The van der Waals surface area contributed by atoms with Crippen molar-refractivity contribution in [1.82, 2.24) is 0 Å². The van der Waals surface area contributed by atoms with Gasteiger partial charge in [-0.15, -0.1) is 0 Å². The first-order chi connectivity index (χ1) is 16.3. The number of rotatable bonds is 2. The van der Waals surface area contributed by atoms with Gasteiger partial charge < -0.3 is 0 Å². The molecule has 4 aromatic rings. The average molecular weight is 421 g/mol. The number of fused-ring (bicyclic) bond motifs is 7. The van der Waals surface area contributed by atoms with Crippen LogP contribution in [0.5, 0.6) is 0 Å². The van der Waals surface area contributed by atoms with E-state index in [0.29, 0.717) is 0 Å². The largest absolute Gasteiger partial charge is 0.289 e. The molecule has 33 heavy (non-hydrogen) atoms. The summed E-state index contributed by atoms with van der Waals surface area (Å²) in [4.78, 5) is 14.0. The summed E-state index contributed by atoms with van der Waals surface area (Å²) in [5.74, 6) is 0.109. The topological polar surface area (TPSA) is 17.1 Å². The monoisotopic (exact) mass is 420 g/mol. The summed E-state index contributed by atoms with van der Waals surface area (Å²) in [6.07, 6.45) is 5.29. The van der Waals surface area contributed by atoms with Gasteiger partial charge in [0.25, 0.3) is 0 Å². The molecule has 0 saturated heterocycles. The number of hydrogen-bond donors (Lipinski definition) is 0. The van der Waals surface area contributed by atoms with Gasteiger partial charge in [-0.25, -0.2) is 0 Å². The summed E-state index contributed by atoms with van der Waals surface area (Å²) >= 11 is 0. The molecule has 0 aromatic heterocycles. The average Bonchev–Trinajstić information content (AvgIpc) is 3.44. The molecule has 3 aliphatic carbocycles. The minimum Gasteiger partial charge on any atom is -0.289 e. The second-order valence-electron chi connectivity index (χ2n) is 8.85. The van der Waals surface area contributed by atoms with Crippen LogP contribution in [0.2, 0.25) is 0 Å². The Hall–Kier alpha value is -4.23. The Kier molecular flexibility index (Phi) is 3.83. The molecule has 1 nitrogen and oxygen atoms in total. The molecule has 0 atom stereocenters. The molecule has 154 valence electrons. The van der Waals surface area contributed by atoms with Gasteiger partial charge in [-0.1, -0.05) is 97.1 Å². The SMILES string of the molecule is O=C1C2=Cc3c(ccc4c3Cc3ccccc3-4)C2=CC(c2ccccc2)=C1c1ccccc1. The second kappa shape index (κ2) is 6.88. The molecule has 0 heterocycles. The van der Waals surface area contributed by atoms with Gasteiger partial charge >= 0.3 is 0 Å². The highest BCUT2D eigenvalue weighted by Crippen LogP contribution is 2.50. The molecule has 0 bridgehead atoms. The fourth-order valence-corrected chi connectivity index (χ4v) is 5.56. The zero-order chi connectivity index (χ0) is 21.9. The smallest absolute Gasteiger partial charge is 0.194 e. The highest BCUT2D eigenvalue weighted by Gasteiger charge is 2.35. The lowest BCUT2D eigenvalue weighted by molar-refractivity contribution is -0.110. The van der Waals surface area contributed by atoms with Gasteiger partial charge in [0.2, 0.25) is 0 Å². The Morgan fingerprint density at radius 1 is 0.545 bits per heavy atom. The molecule has 0 amide bonds. The van der Waals surface area contributed by atoms with Gasteiger partial charge in [0.1, 0.15) is 0 Å². The Morgan fingerprint density at radius 2 is 1.21 bits per heavy atom. The minimum atomic E-state index is 0.109. The van der Waals surface area contributed by atoms with E-state index in [0.717, 1.165) is 39.8 Å². The fourth-order valence-electron chi connectivity index (χ4n) is 5.56. The molecule has 0 aliphatic heterocycles. The van der Waals surface area contributed by atoms with Crippen molar-refractivity contribution in [2.75, 3.05) is 0 Å². The van der Waals surface area contributed by atoms with Crippen LogP contribution in [-0.2, 0) is 11.2 Å². The fraction of sp³-hybridized carbons (Fsp3) is 0.0312. The van der Waals surface area contributed by atoms with Gasteiger partial charge in [-0.05, 0) is 74.2 Å². The minimum absolute atomic E-state index is 0.109. The number of carbonyl (C=O) groups is 1. The molecule has 0 saturated carbocycles. The van der Waals surface area contributed by atoms with E-state index in [-0.39, 0.29) is 5.78 Å². The normalized spacial score (nSPS) is 15.5. The Balaban J connectivity index is 1.46. The molecule has 0 radical (unpaired) electrons. The number of hydrogen-bond acceptors (Lipinski definition) is 1. The van der Waals surface area contributed by atoms with Gasteiger partial charge in [-0.3, -0.25) is 4.79 Å². The standard InChI is InChI=1S/C32H20O/c33-32-30-19-28-25(16-15-24-23-14-8-7-13-22(23)17-27(24)28)29(30)18-26(20-9-3-1-4-10-20)31(32)21-11-5-2-6-12-21/h1-16,18-19H,17H2. The zero-order valence-electron chi connectivity index (χ0n) is 18.0. The van der Waals surface area contributed by atoms with Crippen LogP contribution in [-0.4, -0.2) is 5.78 Å². The van der Waals surface area contributed by atoms with Crippen molar-refractivity contribution in [3.05, 3.63) is 142 Å². The molecule has 7 rings (SSSR count). The Bertz CT molecular complexity index is 1560. The van der Waals surface area contributed by atoms with Crippen LogP contribution < -0.4 is 0 Å². The molecule has 0 fully saturated rings. The molecular weight excluding hydrogens is 400 g/mol. The van der Waals surface area contributed by atoms with Crippen LogP contribution in [0.1, 0.15) is 33.4 Å². The molecular formula is C32H20O. The maximum Gasteiger partial charge on any atom is 0.194 e. The van der Waals surface area contributed by atoms with Gasteiger partial charge in [0.05, 0.1) is 0 Å². The van der Waals surface area contributed by atoms with Crippen molar-refractivity contribution in [2.45, 2.75) is 6.42 Å². The van der Waals surface area contributed by atoms with Crippen molar-refractivity contribution >= 4 is 28.6 Å². The zero-order valence-corrected chi connectivity index (χ0v) is 18.0. The third kappa shape index (κ3) is 2.63. The van der Waals surface area contributed by atoms with E-state index in [2.05, 4.69) is 60.7 Å². The predicted octanol–water partition coefficient (Wildman–Crippen LogP) is 7.23. The van der Waals surface area contributed by atoms with E-state index >= 15 is 0 Å². The highest BCUT2D eigenvalue weighted by atomic mass is 16.1. The third-order valence-corrected chi connectivity index (χ3v) is 7.08. The maximum atomic E-state index is 14.0. The van der Waals surface area contributed by atoms with E-state index in [1.807, 2.05) is 48.5 Å². The second-order valence-corrected chi connectivity index (χ2v) is 8.85. The molecule has 0 unspecified atom stereocenters. The van der Waals surface area contributed by atoms with Crippen LogP contribution >= 0.6 is 0 Å². The van der Waals surface area contributed by atoms with E-state index in [1.165, 1.54) is 33.4 Å². The lowest BCUT2D eigenvalue weighted by Crippen LogP contribution is -2.12. The number of Topliss-reactive ketones (excluding diaryl/α,β-unsaturated/α-hetero) is 1. The molecule has 3 aliphatic rings. The molecule has 0 N–H and O–H groups in total. The summed E-state index contributed by atoms with van der Waals surface area (Å²) in [6.45, 7) is 0. The van der Waals surface area contributed by atoms with Gasteiger partial charge in [0.15, 0.2) is 5.78 Å². The number of ketones is 1. The van der Waals surface area contributed by atoms with Crippen molar-refractivity contribution in [3.8, 4) is 11.1 Å². The summed E-state index contributed by atoms with van der Waals surface area (Å²) in [5.41, 5.74) is 13.4. The lowest BCUT2D eigenvalue weighted by Gasteiger charge is -2.21. The first-order valence-electron chi connectivity index (χ1n) is 11.4. The lowest BCUT2D eigenvalue weighted by atomic mass is 9.81. The molecule has 4 aromatic carbocycles. The van der Waals surface area contributed by atoms with E-state index in [4.69, 9.17) is 0 Å². The predicted molar refractivity (Wildman–Crippen MR) is 135 cm³/mol. The third-order valence-electron chi connectivity index (χ3n) is 7.08. The summed E-state index contributed by atoms with van der Waals surface area (Å²) in [6, 6.07) is 33.4. The van der Waals surface area contributed by atoms with Crippen LogP contribution in [0.4, 0.5) is 0 Å². The van der Waals surface area contributed by atoms with E-state index in [9.17, 15) is 4.79 Å². The van der Waals surface area contributed by atoms with Crippen molar-refractivity contribution in [3.63, 3.8) is 0 Å². The molecule has 1 heteroatoms. The number of allylic oxidation sites excluding steroid dienone is 5. The summed E-state index contributed by atoms with van der Waals surface area (Å²) in [5, 5.41) is 0. The quantitative estimate of drug-likeness (QED) is 0.294. The van der Waals surface area contributed by atoms with E-state index < -0.39 is 0 Å². The van der Waals surface area contributed by atoms with Crippen molar-refractivity contribution in [2.24, 2.45) is 0 Å². The van der Waals surface area contributed by atoms with Gasteiger partial charge in [0, 0.05) is 11.1 Å². The van der Waals surface area contributed by atoms with E-state index in [1.54, 1.807) is 0 Å². The van der Waals surface area contributed by atoms with Crippen LogP contribution in [0, 0.1) is 0 Å². The number of carbonyl (C=O) groups excluding carboxylic acids is 1. The van der Waals surface area contributed by atoms with Gasteiger partial charge in [-0.2, -0.15) is 0 Å². The Morgan fingerprint density at radius 3 is 2.00 bits per heavy atom. The van der Waals surface area contributed by atoms with Crippen LogP contribution in [0.3, 0.4) is 0 Å². The van der Waals surface area contributed by atoms with Crippen LogP contribution in [0.15, 0.2) is 109 Å². The van der Waals surface area contributed by atoms with Crippen LogP contribution in [0.25, 0.3) is 33.9 Å². The number of benzene rings is 4. The summed E-state index contributed by atoms with van der Waals surface area (Å²) in [7, 11) is 0. The van der Waals surface area contributed by atoms with Crippen molar-refractivity contribution in [1.29, 1.82) is 0 Å². The summed E-state index contributed by atoms with van der Waals surface area (Å²) < 4.78 is 0. The highest BCUT2D eigenvalue weighted by molar-refractivity contribution is 6.44. The van der Waals surface area contributed by atoms with Crippen molar-refractivity contribution < 1.29 is 4.79 Å². The first-order valence-corrected chi connectivity index (χ1v) is 11.4. The molecule has 0 spiro atoms. The maximum absolute atomic E-state index is 14.0.